The molecule has 0 bridgehead atoms. The van der Waals surface area contributed by atoms with Gasteiger partial charge in [0.15, 0.2) is 6.33 Å². The van der Waals surface area contributed by atoms with E-state index < -0.39 is 10.0 Å². The minimum atomic E-state index is -3.63. The largest absolute Gasteiger partial charge is 0.285 e. The maximum atomic E-state index is 11.8. The van der Waals surface area contributed by atoms with Crippen molar-refractivity contribution in [2.45, 2.75) is 11.8 Å². The Balaban J connectivity index is 0.00000128. The van der Waals surface area contributed by atoms with Gasteiger partial charge in [-0.1, -0.05) is 17.7 Å². The van der Waals surface area contributed by atoms with Crippen molar-refractivity contribution in [3.8, 4) is 0 Å². The predicted octanol–water partition coefficient (Wildman–Crippen LogP) is 0.640. The molecule has 6 nitrogen and oxygen atoms in total. The third-order valence-corrected chi connectivity index (χ3v) is 3.42. The van der Waals surface area contributed by atoms with Gasteiger partial charge in [-0.3, -0.25) is 0 Å². The molecule has 0 aliphatic heterocycles. The Bertz CT molecular complexity index is 550. The minimum absolute atomic E-state index is 0. The standard InChI is InChI=1S/C8H8N4O2S.ClH/c1-7-2-4-8(5-3-7)15(13,14)12-6-9-10-11-12;/h2-6H,1H3;1H. The number of aryl methyl sites for hydroxylation is 1. The summed E-state index contributed by atoms with van der Waals surface area (Å²) in [6, 6.07) is 6.48. The SMILES string of the molecule is Cc1ccc(S(=O)(=O)n2cnnn2)cc1.Cl. The van der Waals surface area contributed by atoms with Crippen LogP contribution in [0.25, 0.3) is 0 Å². The van der Waals surface area contributed by atoms with E-state index in [1.165, 1.54) is 12.1 Å². The van der Waals surface area contributed by atoms with Gasteiger partial charge in [-0.2, -0.15) is 8.42 Å². The number of hydrogen-bond acceptors (Lipinski definition) is 5. The van der Waals surface area contributed by atoms with E-state index in [1.54, 1.807) is 12.1 Å². The van der Waals surface area contributed by atoms with E-state index in [4.69, 9.17) is 0 Å². The van der Waals surface area contributed by atoms with Crippen LogP contribution in [0.5, 0.6) is 0 Å². The van der Waals surface area contributed by atoms with Crippen LogP contribution in [-0.2, 0) is 10.0 Å². The van der Waals surface area contributed by atoms with Crippen LogP contribution in [0.1, 0.15) is 5.56 Å². The second-order valence-corrected chi connectivity index (χ2v) is 4.80. The molecule has 0 radical (unpaired) electrons. The molecule has 0 unspecified atom stereocenters. The van der Waals surface area contributed by atoms with Crippen LogP contribution < -0.4 is 0 Å². The molecule has 0 atom stereocenters. The van der Waals surface area contributed by atoms with Crippen molar-refractivity contribution in [2.24, 2.45) is 0 Å². The zero-order valence-corrected chi connectivity index (χ0v) is 9.94. The highest BCUT2D eigenvalue weighted by Crippen LogP contribution is 2.12. The van der Waals surface area contributed by atoms with Crippen LogP contribution in [-0.4, -0.2) is 28.0 Å². The van der Waals surface area contributed by atoms with E-state index in [9.17, 15) is 8.42 Å². The molecule has 86 valence electrons. The summed E-state index contributed by atoms with van der Waals surface area (Å²) in [4.78, 5) is 0.167. The molecule has 1 aromatic heterocycles. The van der Waals surface area contributed by atoms with Gasteiger partial charge in [0.25, 0.3) is 10.0 Å². The summed E-state index contributed by atoms with van der Waals surface area (Å²) in [7, 11) is -3.63. The highest BCUT2D eigenvalue weighted by Gasteiger charge is 2.17. The number of nitrogens with zero attached hydrogens (tertiary/aromatic N) is 4. The molecule has 16 heavy (non-hydrogen) atoms. The molecule has 2 rings (SSSR count). The summed E-state index contributed by atoms with van der Waals surface area (Å²) >= 11 is 0. The average molecular weight is 261 g/mol. The number of hydrogen-bond donors (Lipinski definition) is 0. The number of tetrazole rings is 1. The van der Waals surface area contributed by atoms with Crippen LogP contribution in [0.15, 0.2) is 35.5 Å². The van der Waals surface area contributed by atoms with E-state index >= 15 is 0 Å². The Morgan fingerprint density at radius 2 is 1.81 bits per heavy atom. The Labute approximate surface area is 98.8 Å². The van der Waals surface area contributed by atoms with Gasteiger partial charge in [-0.25, -0.2) is 0 Å². The van der Waals surface area contributed by atoms with Crippen molar-refractivity contribution in [3.63, 3.8) is 0 Å². The predicted molar refractivity (Wildman–Crippen MR) is 58.8 cm³/mol. The van der Waals surface area contributed by atoms with E-state index in [0.29, 0.717) is 0 Å². The fourth-order valence-electron chi connectivity index (χ4n) is 1.08. The van der Waals surface area contributed by atoms with Crippen LogP contribution in [0.4, 0.5) is 0 Å². The molecule has 8 heteroatoms. The molecule has 2 aromatic rings. The number of aromatic nitrogens is 4. The first-order valence-corrected chi connectivity index (χ1v) is 5.60. The van der Waals surface area contributed by atoms with Crippen molar-refractivity contribution in [1.29, 1.82) is 0 Å². The maximum Gasteiger partial charge on any atom is 0.285 e. The molecular formula is C8H9ClN4O2S. The highest BCUT2D eigenvalue weighted by atomic mass is 35.5. The first-order chi connectivity index (χ1) is 7.10. The normalized spacial score (nSPS) is 10.8. The second-order valence-electron chi connectivity index (χ2n) is 3.00. The van der Waals surface area contributed by atoms with Gasteiger partial charge in [-0.05, 0) is 29.5 Å². The third-order valence-electron chi connectivity index (χ3n) is 1.90. The van der Waals surface area contributed by atoms with Crippen molar-refractivity contribution in [1.82, 2.24) is 19.6 Å². The van der Waals surface area contributed by atoms with E-state index in [0.717, 1.165) is 16.0 Å². The maximum absolute atomic E-state index is 11.8. The molecule has 0 aliphatic carbocycles. The van der Waals surface area contributed by atoms with Gasteiger partial charge in [0, 0.05) is 0 Å². The molecule has 1 aromatic carbocycles. The quantitative estimate of drug-likeness (QED) is 0.792. The van der Waals surface area contributed by atoms with E-state index in [2.05, 4.69) is 15.5 Å². The summed E-state index contributed by atoms with van der Waals surface area (Å²) < 4.78 is 24.4. The zero-order valence-electron chi connectivity index (χ0n) is 8.31. The molecule has 0 amide bonds. The minimum Gasteiger partial charge on any atom is -0.199 e. The number of halogens is 1. The molecule has 0 aliphatic rings. The second kappa shape index (κ2) is 4.58. The third kappa shape index (κ3) is 2.20. The summed E-state index contributed by atoms with van der Waals surface area (Å²) in [5.74, 6) is 0. The van der Waals surface area contributed by atoms with Crippen LogP contribution in [0.2, 0.25) is 0 Å². The van der Waals surface area contributed by atoms with Gasteiger partial charge >= 0.3 is 0 Å². The van der Waals surface area contributed by atoms with Crippen LogP contribution >= 0.6 is 12.4 Å². The lowest BCUT2D eigenvalue weighted by Gasteiger charge is -2.02. The van der Waals surface area contributed by atoms with Gasteiger partial charge in [0.2, 0.25) is 0 Å². The average Bonchev–Trinajstić information content (AvgIpc) is 2.71. The Hall–Kier alpha value is -1.47. The van der Waals surface area contributed by atoms with E-state index in [-0.39, 0.29) is 17.3 Å². The molecule has 0 saturated heterocycles. The summed E-state index contributed by atoms with van der Waals surface area (Å²) in [6.07, 6.45) is 1.05. The lowest BCUT2D eigenvalue weighted by Crippen LogP contribution is -2.13. The molecular weight excluding hydrogens is 252 g/mol. The lowest BCUT2D eigenvalue weighted by atomic mass is 10.2. The Morgan fingerprint density at radius 1 is 1.19 bits per heavy atom. The molecule has 0 fully saturated rings. The van der Waals surface area contributed by atoms with Crippen LogP contribution in [0, 0.1) is 6.92 Å². The Kier molecular flexibility index (Phi) is 3.61. The molecule has 1 heterocycles. The molecule has 0 saturated carbocycles. The van der Waals surface area contributed by atoms with Gasteiger partial charge < -0.3 is 0 Å². The fourth-order valence-corrected chi connectivity index (χ4v) is 2.07. The highest BCUT2D eigenvalue weighted by molar-refractivity contribution is 7.89. The van der Waals surface area contributed by atoms with E-state index in [1.807, 2.05) is 6.92 Å². The Morgan fingerprint density at radius 3 is 2.31 bits per heavy atom. The summed E-state index contributed by atoms with van der Waals surface area (Å²) in [5.41, 5.74) is 0.991. The van der Waals surface area contributed by atoms with Gasteiger partial charge in [0.05, 0.1) is 4.90 Å². The lowest BCUT2D eigenvalue weighted by molar-refractivity contribution is 0.577. The first-order valence-electron chi connectivity index (χ1n) is 4.16. The van der Waals surface area contributed by atoms with Crippen molar-refractivity contribution < 1.29 is 8.42 Å². The monoisotopic (exact) mass is 260 g/mol. The topological polar surface area (TPSA) is 77.7 Å². The van der Waals surface area contributed by atoms with Crippen molar-refractivity contribution >= 4 is 22.4 Å². The number of benzene rings is 1. The summed E-state index contributed by atoms with van der Waals surface area (Å²) in [6.45, 7) is 1.88. The number of rotatable bonds is 2. The zero-order chi connectivity index (χ0) is 10.9. The first kappa shape index (κ1) is 12.6. The molecule has 0 N–H and O–H groups in total. The van der Waals surface area contributed by atoms with Gasteiger partial charge in [-0.15, -0.1) is 21.6 Å². The fraction of sp³-hybridized carbons (Fsp3) is 0.125. The summed E-state index contributed by atoms with van der Waals surface area (Å²) in [5, 5.41) is 9.92. The van der Waals surface area contributed by atoms with Gasteiger partial charge in [0.1, 0.15) is 0 Å². The smallest absolute Gasteiger partial charge is 0.199 e. The van der Waals surface area contributed by atoms with Crippen molar-refractivity contribution in [3.05, 3.63) is 36.2 Å². The molecule has 0 spiro atoms. The van der Waals surface area contributed by atoms with Crippen LogP contribution in [0.3, 0.4) is 0 Å². The van der Waals surface area contributed by atoms with Crippen molar-refractivity contribution in [2.75, 3.05) is 0 Å².